The zero-order chi connectivity index (χ0) is 50.2. The van der Waals surface area contributed by atoms with Crippen molar-refractivity contribution in [1.29, 1.82) is 0 Å². The summed E-state index contributed by atoms with van der Waals surface area (Å²) in [5.74, 6) is -13.5. The zero-order valence-electron chi connectivity index (χ0n) is 35.6. The number of nitrogens with one attached hydrogen (secondary N) is 3. The molecule has 30 heteroatoms. The summed E-state index contributed by atoms with van der Waals surface area (Å²) < 4.78 is 33.4. The predicted octanol–water partition coefficient (Wildman–Crippen LogP) is -11.3. The Labute approximate surface area is 373 Å². The number of rotatable bonds is 23. The van der Waals surface area contributed by atoms with Gasteiger partial charge in [0.15, 0.2) is 6.29 Å². The summed E-state index contributed by atoms with van der Waals surface area (Å²) >= 11 is 0. The predicted molar refractivity (Wildman–Crippen MR) is 205 cm³/mol. The topological polar surface area (TPSA) is 500 Å². The van der Waals surface area contributed by atoms with Crippen LogP contribution in [-0.4, -0.2) is 272 Å². The van der Waals surface area contributed by atoms with Crippen molar-refractivity contribution in [3.8, 4) is 0 Å². The van der Waals surface area contributed by atoms with Crippen molar-refractivity contribution in [2.24, 2.45) is 0 Å². The highest BCUT2D eigenvalue weighted by atomic mass is 16.8. The molecule has 19 N–H and O–H groups in total. The van der Waals surface area contributed by atoms with E-state index in [0.717, 1.165) is 20.8 Å². The molecule has 30 nitrogen and oxygen atoms in total. The molecule has 0 bridgehead atoms. The molecule has 382 valence electrons. The van der Waals surface area contributed by atoms with Crippen molar-refractivity contribution in [1.82, 2.24) is 16.0 Å². The van der Waals surface area contributed by atoms with Gasteiger partial charge in [0.05, 0.1) is 63.4 Å². The average molecular weight is 968 g/mol. The Bertz CT molecular complexity index is 1630. The SMILES string of the molecule is CC(=O)N[C@H]1[C@H]([C@H](O)[C@H](O)CO)O[C@@](O[C@H](CO)[C@@H](O)[C@@H]2O[C@@](O[C@H]3[C@@H](O)[C@@H](CO)O[C@@H](O[C@@H]([C@H](O)[C@H](CO)NC(C)=O)[C@H](O)CO)[C@@H]3O)(C(=O)O)C[C@H](O)[C@H]2NC(C)=O)(C(=O)O)C[C@@H]1O. The van der Waals surface area contributed by atoms with E-state index in [-0.39, 0.29) is 0 Å². The molecule has 3 saturated heterocycles. The minimum absolute atomic E-state index is 0.784. The molecule has 0 unspecified atom stereocenters. The first-order chi connectivity index (χ1) is 30.8. The second-order valence-electron chi connectivity index (χ2n) is 16.0. The van der Waals surface area contributed by atoms with Crippen LogP contribution in [0.4, 0.5) is 0 Å². The Balaban J connectivity index is 2.09. The fourth-order valence-electron chi connectivity index (χ4n) is 7.75. The lowest BCUT2D eigenvalue weighted by atomic mass is 9.87. The lowest BCUT2D eigenvalue weighted by Crippen LogP contribution is -2.71. The van der Waals surface area contributed by atoms with Crippen LogP contribution in [0.5, 0.6) is 0 Å². The van der Waals surface area contributed by atoms with Gasteiger partial charge in [0.2, 0.25) is 17.7 Å². The smallest absolute Gasteiger partial charge is 0.364 e. The Hall–Kier alpha value is -3.45. The van der Waals surface area contributed by atoms with Crippen LogP contribution in [0, 0.1) is 0 Å². The summed E-state index contributed by atoms with van der Waals surface area (Å²) in [6.07, 6.45) is -38.0. The normalized spacial score (nSPS) is 36.3. The minimum Gasteiger partial charge on any atom is -0.477 e. The summed E-state index contributed by atoms with van der Waals surface area (Å²) in [7, 11) is 0. The molecule has 3 heterocycles. The second-order valence-corrected chi connectivity index (χ2v) is 16.0. The number of ether oxygens (including phenoxy) is 6. The molecule has 0 aliphatic carbocycles. The maximum atomic E-state index is 13.2. The Morgan fingerprint density at radius 2 is 1.17 bits per heavy atom. The highest BCUT2D eigenvalue weighted by Gasteiger charge is 2.62. The number of carbonyl (C=O) groups is 5. The van der Waals surface area contributed by atoms with E-state index >= 15 is 0 Å². The number of carbonyl (C=O) groups excluding carboxylic acids is 3. The number of aliphatic hydroxyl groups excluding tert-OH is 14. The number of aliphatic hydroxyl groups is 14. The van der Waals surface area contributed by atoms with Crippen LogP contribution in [0.25, 0.3) is 0 Å². The van der Waals surface area contributed by atoms with E-state index in [1.54, 1.807) is 0 Å². The fraction of sp³-hybridized carbons (Fsp3) is 0.861. The molecule has 3 aliphatic rings. The summed E-state index contributed by atoms with van der Waals surface area (Å²) in [5, 5.41) is 176. The van der Waals surface area contributed by atoms with Crippen molar-refractivity contribution < 1.29 is 134 Å². The minimum atomic E-state index is -3.38. The number of carboxylic acid groups (broad SMARTS) is 2. The molecule has 21 atom stereocenters. The van der Waals surface area contributed by atoms with Gasteiger partial charge in [-0.1, -0.05) is 0 Å². The summed E-state index contributed by atoms with van der Waals surface area (Å²) in [4.78, 5) is 62.1. The Kier molecular flexibility index (Phi) is 20.9. The van der Waals surface area contributed by atoms with Gasteiger partial charge in [-0.15, -0.1) is 0 Å². The third-order valence-corrected chi connectivity index (χ3v) is 11.0. The van der Waals surface area contributed by atoms with Gasteiger partial charge in [-0.05, 0) is 0 Å². The highest BCUT2D eigenvalue weighted by Crippen LogP contribution is 2.40. The maximum Gasteiger partial charge on any atom is 0.364 e. The molecule has 0 aromatic rings. The van der Waals surface area contributed by atoms with Gasteiger partial charge in [-0.3, -0.25) is 14.4 Å². The van der Waals surface area contributed by atoms with Gasteiger partial charge < -0.3 is 126 Å². The fourth-order valence-corrected chi connectivity index (χ4v) is 7.75. The van der Waals surface area contributed by atoms with Gasteiger partial charge in [0, 0.05) is 33.6 Å². The molecule has 3 aliphatic heterocycles. The lowest BCUT2D eigenvalue weighted by molar-refractivity contribution is -0.380. The number of hydrogen-bond donors (Lipinski definition) is 19. The van der Waals surface area contributed by atoms with E-state index in [2.05, 4.69) is 16.0 Å². The molecular formula is C36H61N3O27. The van der Waals surface area contributed by atoms with Crippen LogP contribution in [0.1, 0.15) is 33.6 Å². The number of aliphatic carboxylic acids is 2. The van der Waals surface area contributed by atoms with Crippen LogP contribution >= 0.6 is 0 Å². The molecule has 3 rings (SSSR count). The molecule has 3 amide bonds. The third-order valence-electron chi connectivity index (χ3n) is 11.0. The summed E-state index contributed by atoms with van der Waals surface area (Å²) in [6, 6.07) is -5.20. The number of hydrogen-bond acceptors (Lipinski definition) is 25. The molecular weight excluding hydrogens is 906 g/mol. The molecule has 66 heavy (non-hydrogen) atoms. The molecule has 0 radical (unpaired) electrons. The lowest BCUT2D eigenvalue weighted by Gasteiger charge is -2.51. The quantitative estimate of drug-likeness (QED) is 0.0452. The van der Waals surface area contributed by atoms with Crippen LogP contribution in [0.2, 0.25) is 0 Å². The molecule has 3 fully saturated rings. The van der Waals surface area contributed by atoms with E-state index in [1.165, 1.54) is 0 Å². The first kappa shape index (κ1) is 56.9. The van der Waals surface area contributed by atoms with Gasteiger partial charge in [-0.2, -0.15) is 0 Å². The van der Waals surface area contributed by atoms with Crippen LogP contribution < -0.4 is 16.0 Å². The monoisotopic (exact) mass is 967 g/mol. The second kappa shape index (κ2) is 24.2. The van der Waals surface area contributed by atoms with Crippen molar-refractivity contribution in [2.45, 2.75) is 161 Å². The van der Waals surface area contributed by atoms with Crippen LogP contribution in [-0.2, 0) is 52.4 Å². The van der Waals surface area contributed by atoms with E-state index in [4.69, 9.17) is 28.4 Å². The van der Waals surface area contributed by atoms with E-state index in [9.17, 15) is 106 Å². The maximum absolute atomic E-state index is 13.2. The van der Waals surface area contributed by atoms with Crippen molar-refractivity contribution in [3.63, 3.8) is 0 Å². The summed E-state index contributed by atoms with van der Waals surface area (Å²) in [6.45, 7) is -3.02. The van der Waals surface area contributed by atoms with E-state index in [1.807, 2.05) is 0 Å². The van der Waals surface area contributed by atoms with E-state index < -0.39 is 203 Å². The van der Waals surface area contributed by atoms with Crippen molar-refractivity contribution in [3.05, 3.63) is 0 Å². The van der Waals surface area contributed by atoms with Gasteiger partial charge >= 0.3 is 11.9 Å². The number of carboxylic acids is 2. The molecule has 0 spiro atoms. The Morgan fingerprint density at radius 1 is 0.667 bits per heavy atom. The standard InChI is InChI=1S/C36H61N3O27/c1-11(45)37-14(6-40)23(52)28(18(51)8-42)62-32-27(56)31(25(54)19(9-43)61-32)66-36(34(59)60)5-16(49)22(39-13(3)47)30(65-36)26(55)20(10-44)63-35(33(57)58)4-15(48)21(38-12(2)46)29(64-35)24(53)17(50)7-41/h14-32,40-44,48-56H,4-10H2,1-3H3,(H,37,45)(H,38,46)(H,39,47)(H,57,58)(H,59,60)/t14-,15-,16-,17+,18+,19+,20+,21+,22+,23+,24+,25-,26+,27+,28+,29+,30+,31-,32-,35+,36-/m0/s1. The largest absolute Gasteiger partial charge is 0.477 e. The molecule has 0 aromatic carbocycles. The summed E-state index contributed by atoms with van der Waals surface area (Å²) in [5.41, 5.74) is 0. The first-order valence-electron chi connectivity index (χ1n) is 20.3. The van der Waals surface area contributed by atoms with E-state index in [0.29, 0.717) is 0 Å². The van der Waals surface area contributed by atoms with Crippen LogP contribution in [0.3, 0.4) is 0 Å². The van der Waals surface area contributed by atoms with Crippen LogP contribution in [0.15, 0.2) is 0 Å². The number of amides is 3. The van der Waals surface area contributed by atoms with Crippen molar-refractivity contribution >= 4 is 29.7 Å². The van der Waals surface area contributed by atoms with Crippen molar-refractivity contribution in [2.75, 3.05) is 33.0 Å². The average Bonchev–Trinajstić information content (AvgIpc) is 3.25. The molecule has 0 saturated carbocycles. The van der Waals surface area contributed by atoms with Gasteiger partial charge in [0.1, 0.15) is 79.4 Å². The molecule has 0 aromatic heterocycles. The third kappa shape index (κ3) is 13.0. The highest BCUT2D eigenvalue weighted by molar-refractivity contribution is 5.77. The van der Waals surface area contributed by atoms with Gasteiger partial charge in [-0.25, -0.2) is 9.59 Å². The Morgan fingerprint density at radius 3 is 1.61 bits per heavy atom. The first-order valence-corrected chi connectivity index (χ1v) is 20.3. The van der Waals surface area contributed by atoms with Gasteiger partial charge in [0.25, 0.3) is 11.6 Å². The zero-order valence-corrected chi connectivity index (χ0v) is 35.6.